The number of unbranched alkanes of at least 4 members (excludes halogenated alkanes) is 3. The van der Waals surface area contributed by atoms with Crippen LogP contribution in [0.15, 0.2) is 12.1 Å². The summed E-state index contributed by atoms with van der Waals surface area (Å²) in [7, 11) is 0. The highest BCUT2D eigenvalue weighted by Crippen LogP contribution is 2.22. The molecule has 1 heterocycles. The summed E-state index contributed by atoms with van der Waals surface area (Å²) in [6.45, 7) is 2.63. The molecule has 0 aromatic carbocycles. The maximum absolute atomic E-state index is 10.6. The van der Waals surface area contributed by atoms with E-state index in [1.54, 1.807) is 0 Å². The van der Waals surface area contributed by atoms with Crippen molar-refractivity contribution in [2.24, 2.45) is 0 Å². The van der Waals surface area contributed by atoms with E-state index in [0.717, 1.165) is 25.7 Å². The minimum Gasteiger partial charge on any atom is -0.477 e. The molecule has 0 atom stereocenters. The van der Waals surface area contributed by atoms with Crippen molar-refractivity contribution in [1.29, 1.82) is 0 Å². The number of hydrogen-bond acceptors (Lipinski definition) is 4. The van der Waals surface area contributed by atoms with E-state index >= 15 is 0 Å². The fourth-order valence-electron chi connectivity index (χ4n) is 1.34. The second-order valence-corrected chi connectivity index (χ2v) is 4.04. The first-order valence-electron chi connectivity index (χ1n) is 5.58. The Hall–Kier alpha value is -1.36. The number of ether oxygens (including phenoxy) is 1. The van der Waals surface area contributed by atoms with Gasteiger partial charge in [0.15, 0.2) is 0 Å². The molecule has 0 radical (unpaired) electrons. The molecule has 1 rings (SSSR count). The third-order valence-corrected chi connectivity index (χ3v) is 2.41. The molecule has 0 fully saturated rings. The highest BCUT2D eigenvalue weighted by Gasteiger charge is 2.10. The molecule has 0 aliphatic carbocycles. The fraction of sp³-hybridized carbons (Fsp3) is 0.545. The van der Waals surface area contributed by atoms with Gasteiger partial charge in [-0.3, -0.25) is 10.1 Å². The van der Waals surface area contributed by atoms with Gasteiger partial charge >= 0.3 is 0 Å². The van der Waals surface area contributed by atoms with Crippen molar-refractivity contribution in [3.8, 4) is 5.88 Å². The van der Waals surface area contributed by atoms with Crippen molar-refractivity contribution in [3.63, 3.8) is 0 Å². The molecular weight excluding hydrogens is 244 g/mol. The summed E-state index contributed by atoms with van der Waals surface area (Å²) in [4.78, 5) is 13.9. The average Bonchev–Trinajstić information content (AvgIpc) is 2.28. The van der Waals surface area contributed by atoms with Crippen molar-refractivity contribution >= 4 is 17.3 Å². The third-order valence-electron chi connectivity index (χ3n) is 2.21. The molecule has 0 saturated heterocycles. The van der Waals surface area contributed by atoms with Gasteiger partial charge in [-0.05, 0) is 6.42 Å². The zero-order chi connectivity index (χ0) is 12.7. The van der Waals surface area contributed by atoms with Gasteiger partial charge in [0.05, 0.1) is 23.7 Å². The van der Waals surface area contributed by atoms with Gasteiger partial charge in [-0.15, -0.1) is 0 Å². The van der Waals surface area contributed by atoms with Gasteiger partial charge in [-0.25, -0.2) is 4.98 Å². The van der Waals surface area contributed by atoms with Crippen molar-refractivity contribution in [2.75, 3.05) is 6.61 Å². The van der Waals surface area contributed by atoms with Crippen LogP contribution in [0.25, 0.3) is 0 Å². The highest BCUT2D eigenvalue weighted by molar-refractivity contribution is 6.29. The maximum Gasteiger partial charge on any atom is 0.277 e. The number of hydrogen-bond donors (Lipinski definition) is 0. The van der Waals surface area contributed by atoms with Gasteiger partial charge < -0.3 is 4.74 Å². The Balaban J connectivity index is 2.50. The molecule has 0 aliphatic rings. The molecule has 0 spiro atoms. The van der Waals surface area contributed by atoms with Gasteiger partial charge in [-0.1, -0.05) is 37.8 Å². The van der Waals surface area contributed by atoms with Crippen LogP contribution in [-0.4, -0.2) is 16.5 Å². The maximum atomic E-state index is 10.6. The summed E-state index contributed by atoms with van der Waals surface area (Å²) in [6, 6.07) is 2.48. The van der Waals surface area contributed by atoms with Crippen molar-refractivity contribution in [1.82, 2.24) is 4.98 Å². The van der Waals surface area contributed by atoms with E-state index in [0.29, 0.717) is 6.61 Å². The predicted octanol–water partition coefficient (Wildman–Crippen LogP) is 3.60. The van der Waals surface area contributed by atoms with Crippen LogP contribution in [0.3, 0.4) is 0 Å². The minimum absolute atomic E-state index is 0.0720. The summed E-state index contributed by atoms with van der Waals surface area (Å²) in [6.07, 6.45) is 4.31. The summed E-state index contributed by atoms with van der Waals surface area (Å²) in [5.74, 6) is 0.209. The highest BCUT2D eigenvalue weighted by atomic mass is 35.5. The Labute approximate surface area is 105 Å². The molecule has 6 heteroatoms. The van der Waals surface area contributed by atoms with Gasteiger partial charge in [0.2, 0.25) is 5.88 Å². The Kier molecular flexibility index (Phi) is 5.69. The van der Waals surface area contributed by atoms with Crippen LogP contribution in [0.5, 0.6) is 5.88 Å². The molecule has 0 bridgehead atoms. The predicted molar refractivity (Wildman–Crippen MR) is 65.5 cm³/mol. The number of pyridine rings is 1. The van der Waals surface area contributed by atoms with E-state index < -0.39 is 4.92 Å². The molecule has 0 aliphatic heterocycles. The first-order chi connectivity index (χ1) is 8.13. The molecular formula is C11H15ClN2O3. The summed E-state index contributed by atoms with van der Waals surface area (Å²) in [5.41, 5.74) is -0.103. The second-order valence-electron chi connectivity index (χ2n) is 3.65. The molecule has 0 saturated carbocycles. The quantitative estimate of drug-likeness (QED) is 0.324. The van der Waals surface area contributed by atoms with E-state index in [-0.39, 0.29) is 16.7 Å². The smallest absolute Gasteiger partial charge is 0.277 e. The fourth-order valence-corrected chi connectivity index (χ4v) is 1.54. The molecule has 1 aromatic heterocycles. The van der Waals surface area contributed by atoms with Gasteiger partial charge in [0.1, 0.15) is 5.15 Å². The SMILES string of the molecule is CCCCCCOc1cc([N+](=O)[O-])cc(Cl)n1. The molecule has 0 amide bonds. The lowest BCUT2D eigenvalue weighted by Gasteiger charge is -2.05. The number of aromatic nitrogens is 1. The zero-order valence-electron chi connectivity index (χ0n) is 9.69. The van der Waals surface area contributed by atoms with Gasteiger partial charge in [0.25, 0.3) is 5.69 Å². The van der Waals surface area contributed by atoms with Crippen LogP contribution < -0.4 is 4.74 Å². The van der Waals surface area contributed by atoms with Gasteiger partial charge in [-0.2, -0.15) is 0 Å². The second kappa shape index (κ2) is 7.06. The third kappa shape index (κ3) is 4.99. The molecule has 5 nitrogen and oxygen atoms in total. The Morgan fingerprint density at radius 2 is 2.18 bits per heavy atom. The van der Waals surface area contributed by atoms with E-state index in [4.69, 9.17) is 16.3 Å². The monoisotopic (exact) mass is 258 g/mol. The molecule has 0 unspecified atom stereocenters. The zero-order valence-corrected chi connectivity index (χ0v) is 10.4. The van der Waals surface area contributed by atoms with Crippen LogP contribution in [0, 0.1) is 10.1 Å². The standard InChI is InChI=1S/C11H15ClN2O3/c1-2-3-4-5-6-17-11-8-9(14(15)16)7-10(12)13-11/h7-8H,2-6H2,1H3. The van der Waals surface area contributed by atoms with Crippen molar-refractivity contribution in [3.05, 3.63) is 27.4 Å². The number of nitro groups is 1. The van der Waals surface area contributed by atoms with Crippen LogP contribution in [0.2, 0.25) is 5.15 Å². The van der Waals surface area contributed by atoms with E-state index in [1.807, 2.05) is 0 Å². The average molecular weight is 259 g/mol. The van der Waals surface area contributed by atoms with Crippen molar-refractivity contribution < 1.29 is 9.66 Å². The summed E-state index contributed by atoms with van der Waals surface area (Å²) in [5, 5.41) is 10.7. The summed E-state index contributed by atoms with van der Waals surface area (Å²) < 4.78 is 5.32. The normalized spacial score (nSPS) is 10.2. The molecule has 0 N–H and O–H groups in total. The molecule has 1 aromatic rings. The first-order valence-corrected chi connectivity index (χ1v) is 5.96. The first kappa shape index (κ1) is 13.7. The number of nitrogens with zero attached hydrogens (tertiary/aromatic N) is 2. The van der Waals surface area contributed by atoms with Crippen LogP contribution in [0.1, 0.15) is 32.6 Å². The Bertz CT molecular complexity index is 385. The lowest BCUT2D eigenvalue weighted by molar-refractivity contribution is -0.385. The van der Waals surface area contributed by atoms with Crippen LogP contribution in [-0.2, 0) is 0 Å². The van der Waals surface area contributed by atoms with E-state index in [2.05, 4.69) is 11.9 Å². The van der Waals surface area contributed by atoms with Crippen LogP contribution >= 0.6 is 11.6 Å². The van der Waals surface area contributed by atoms with Crippen LogP contribution in [0.4, 0.5) is 5.69 Å². The van der Waals surface area contributed by atoms with Crippen molar-refractivity contribution in [2.45, 2.75) is 32.6 Å². The minimum atomic E-state index is -0.516. The lowest BCUT2D eigenvalue weighted by atomic mass is 10.2. The topological polar surface area (TPSA) is 65.3 Å². The lowest BCUT2D eigenvalue weighted by Crippen LogP contribution is -2.00. The largest absolute Gasteiger partial charge is 0.477 e. The number of rotatable bonds is 7. The Morgan fingerprint density at radius 3 is 2.82 bits per heavy atom. The Morgan fingerprint density at radius 1 is 1.41 bits per heavy atom. The number of halogens is 1. The van der Waals surface area contributed by atoms with Gasteiger partial charge in [0, 0.05) is 0 Å². The van der Waals surface area contributed by atoms with E-state index in [9.17, 15) is 10.1 Å². The summed E-state index contributed by atoms with van der Waals surface area (Å²) >= 11 is 5.66. The molecule has 17 heavy (non-hydrogen) atoms. The molecule has 94 valence electrons. The van der Waals surface area contributed by atoms with E-state index in [1.165, 1.54) is 12.1 Å².